The second kappa shape index (κ2) is 4.95. The summed E-state index contributed by atoms with van der Waals surface area (Å²) in [5.74, 6) is -1.65. The highest BCUT2D eigenvalue weighted by Crippen LogP contribution is 2.23. The molecule has 0 aliphatic heterocycles. The molecule has 1 heterocycles. The number of aromatic nitrogens is 1. The molecule has 1 atom stereocenters. The standard InChI is InChI=1S/C12H16N2O3/c1-8-4-9(7-14-6-8)5-12(2,11(16)17)10(15)13-3/h4,6-7H,5H2,1-3H3,(H,13,15)(H,16,17). The van der Waals surface area contributed by atoms with Crippen LogP contribution >= 0.6 is 0 Å². The number of nitrogens with one attached hydrogen (secondary N) is 1. The van der Waals surface area contributed by atoms with Gasteiger partial charge in [-0.1, -0.05) is 6.07 Å². The van der Waals surface area contributed by atoms with Crippen LogP contribution in [0.1, 0.15) is 18.1 Å². The van der Waals surface area contributed by atoms with Crippen LogP contribution in [-0.4, -0.2) is 29.0 Å². The first-order chi connectivity index (χ1) is 7.90. The van der Waals surface area contributed by atoms with Crippen molar-refractivity contribution in [2.24, 2.45) is 5.41 Å². The minimum atomic E-state index is -1.47. The van der Waals surface area contributed by atoms with Crippen molar-refractivity contribution in [2.45, 2.75) is 20.3 Å². The van der Waals surface area contributed by atoms with Crippen molar-refractivity contribution >= 4 is 11.9 Å². The van der Waals surface area contributed by atoms with Gasteiger partial charge in [0.15, 0.2) is 0 Å². The highest BCUT2D eigenvalue weighted by Gasteiger charge is 2.40. The van der Waals surface area contributed by atoms with Crippen LogP contribution in [0.15, 0.2) is 18.5 Å². The Labute approximate surface area is 99.9 Å². The van der Waals surface area contributed by atoms with E-state index in [0.717, 1.165) is 11.1 Å². The quantitative estimate of drug-likeness (QED) is 0.757. The molecule has 1 aromatic heterocycles. The Kier molecular flexibility index (Phi) is 3.83. The summed E-state index contributed by atoms with van der Waals surface area (Å²) >= 11 is 0. The van der Waals surface area contributed by atoms with Gasteiger partial charge in [-0.05, 0) is 31.4 Å². The molecule has 5 heteroatoms. The van der Waals surface area contributed by atoms with E-state index in [0.29, 0.717) is 0 Å². The van der Waals surface area contributed by atoms with Gasteiger partial charge in [-0.2, -0.15) is 0 Å². The molecule has 1 aromatic rings. The zero-order valence-electron chi connectivity index (χ0n) is 10.2. The van der Waals surface area contributed by atoms with Gasteiger partial charge in [0.05, 0.1) is 0 Å². The van der Waals surface area contributed by atoms with Crippen LogP contribution in [-0.2, 0) is 16.0 Å². The number of carboxylic acid groups (broad SMARTS) is 1. The van der Waals surface area contributed by atoms with Crippen molar-refractivity contribution in [2.75, 3.05) is 7.05 Å². The van der Waals surface area contributed by atoms with E-state index in [9.17, 15) is 14.7 Å². The summed E-state index contributed by atoms with van der Waals surface area (Å²) in [7, 11) is 1.43. The number of carbonyl (C=O) groups is 2. The normalized spacial score (nSPS) is 13.8. The summed E-state index contributed by atoms with van der Waals surface area (Å²) in [5, 5.41) is 11.6. The summed E-state index contributed by atoms with van der Waals surface area (Å²) < 4.78 is 0. The SMILES string of the molecule is CNC(=O)C(C)(Cc1cncc(C)c1)C(=O)O. The lowest BCUT2D eigenvalue weighted by Gasteiger charge is -2.22. The first-order valence-electron chi connectivity index (χ1n) is 5.26. The number of rotatable bonds is 4. The third-order valence-corrected chi connectivity index (χ3v) is 2.69. The largest absolute Gasteiger partial charge is 0.480 e. The number of hydrogen-bond donors (Lipinski definition) is 2. The molecule has 17 heavy (non-hydrogen) atoms. The lowest BCUT2D eigenvalue weighted by atomic mass is 9.83. The Hall–Kier alpha value is -1.91. The summed E-state index contributed by atoms with van der Waals surface area (Å²) in [6.07, 6.45) is 3.38. The molecule has 5 nitrogen and oxygen atoms in total. The Bertz CT molecular complexity index is 445. The minimum absolute atomic E-state index is 0.122. The average molecular weight is 236 g/mol. The summed E-state index contributed by atoms with van der Waals surface area (Å²) in [6, 6.07) is 1.83. The number of amides is 1. The third kappa shape index (κ3) is 2.81. The smallest absolute Gasteiger partial charge is 0.319 e. The molecular formula is C12H16N2O3. The first kappa shape index (κ1) is 13.2. The molecule has 0 fully saturated rings. The molecule has 0 aliphatic rings. The van der Waals surface area contributed by atoms with E-state index in [2.05, 4.69) is 10.3 Å². The fourth-order valence-electron chi connectivity index (χ4n) is 1.65. The Balaban J connectivity index is 3.03. The minimum Gasteiger partial charge on any atom is -0.480 e. The molecule has 2 N–H and O–H groups in total. The molecular weight excluding hydrogens is 220 g/mol. The molecule has 0 spiro atoms. The topological polar surface area (TPSA) is 79.3 Å². The Morgan fingerprint density at radius 2 is 2.12 bits per heavy atom. The number of pyridine rings is 1. The molecule has 92 valence electrons. The van der Waals surface area contributed by atoms with Gasteiger partial charge >= 0.3 is 5.97 Å². The number of aliphatic carboxylic acids is 1. The van der Waals surface area contributed by atoms with Crippen molar-refractivity contribution < 1.29 is 14.7 Å². The van der Waals surface area contributed by atoms with E-state index in [-0.39, 0.29) is 6.42 Å². The van der Waals surface area contributed by atoms with Crippen LogP contribution < -0.4 is 5.32 Å². The zero-order chi connectivity index (χ0) is 13.1. The second-order valence-corrected chi connectivity index (χ2v) is 4.26. The average Bonchev–Trinajstić information content (AvgIpc) is 2.27. The van der Waals surface area contributed by atoms with Crippen LogP contribution in [0, 0.1) is 12.3 Å². The summed E-state index contributed by atoms with van der Waals surface area (Å²) in [6.45, 7) is 3.28. The predicted molar refractivity (Wildman–Crippen MR) is 62.5 cm³/mol. The lowest BCUT2D eigenvalue weighted by molar-refractivity contribution is -0.154. The maximum atomic E-state index is 11.7. The Morgan fingerprint density at radius 1 is 1.47 bits per heavy atom. The zero-order valence-corrected chi connectivity index (χ0v) is 10.2. The van der Waals surface area contributed by atoms with E-state index in [4.69, 9.17) is 0 Å². The van der Waals surface area contributed by atoms with Crippen molar-refractivity contribution in [1.29, 1.82) is 0 Å². The van der Waals surface area contributed by atoms with Crippen molar-refractivity contribution in [3.8, 4) is 0 Å². The van der Waals surface area contributed by atoms with Crippen LogP contribution in [0.3, 0.4) is 0 Å². The van der Waals surface area contributed by atoms with Crippen molar-refractivity contribution in [3.63, 3.8) is 0 Å². The number of nitrogens with zero attached hydrogens (tertiary/aromatic N) is 1. The van der Waals surface area contributed by atoms with Crippen molar-refractivity contribution in [3.05, 3.63) is 29.6 Å². The molecule has 0 bridgehead atoms. The van der Waals surface area contributed by atoms with Gasteiger partial charge in [-0.3, -0.25) is 14.6 Å². The molecule has 1 unspecified atom stereocenters. The highest BCUT2D eigenvalue weighted by atomic mass is 16.4. The van der Waals surface area contributed by atoms with E-state index in [1.54, 1.807) is 12.4 Å². The van der Waals surface area contributed by atoms with Crippen LogP contribution in [0.25, 0.3) is 0 Å². The molecule has 0 aromatic carbocycles. The lowest BCUT2D eigenvalue weighted by Crippen LogP contribution is -2.44. The molecule has 0 aliphatic carbocycles. The molecule has 0 saturated carbocycles. The molecule has 0 radical (unpaired) electrons. The first-order valence-corrected chi connectivity index (χ1v) is 5.26. The van der Waals surface area contributed by atoms with Gasteiger partial charge in [-0.25, -0.2) is 0 Å². The maximum Gasteiger partial charge on any atom is 0.319 e. The van der Waals surface area contributed by atoms with Gasteiger partial charge in [0.25, 0.3) is 0 Å². The fourth-order valence-corrected chi connectivity index (χ4v) is 1.65. The van der Waals surface area contributed by atoms with E-state index < -0.39 is 17.3 Å². The molecule has 1 amide bonds. The molecule has 0 saturated heterocycles. The predicted octanol–water partition coefficient (Wildman–Crippen LogP) is 0.769. The van der Waals surface area contributed by atoms with E-state index in [1.807, 2.05) is 13.0 Å². The number of carboxylic acids is 1. The van der Waals surface area contributed by atoms with Crippen LogP contribution in [0.5, 0.6) is 0 Å². The van der Waals surface area contributed by atoms with Gasteiger partial charge in [0.1, 0.15) is 5.41 Å². The van der Waals surface area contributed by atoms with Gasteiger partial charge in [0, 0.05) is 19.4 Å². The highest BCUT2D eigenvalue weighted by molar-refractivity contribution is 6.01. The van der Waals surface area contributed by atoms with Crippen LogP contribution in [0.4, 0.5) is 0 Å². The van der Waals surface area contributed by atoms with Gasteiger partial charge in [-0.15, -0.1) is 0 Å². The van der Waals surface area contributed by atoms with Crippen molar-refractivity contribution in [1.82, 2.24) is 10.3 Å². The van der Waals surface area contributed by atoms with Gasteiger partial charge in [0.2, 0.25) is 5.91 Å². The van der Waals surface area contributed by atoms with E-state index in [1.165, 1.54) is 14.0 Å². The van der Waals surface area contributed by atoms with Gasteiger partial charge < -0.3 is 10.4 Å². The Morgan fingerprint density at radius 3 is 2.59 bits per heavy atom. The summed E-state index contributed by atoms with van der Waals surface area (Å²) in [5.41, 5.74) is 0.204. The summed E-state index contributed by atoms with van der Waals surface area (Å²) in [4.78, 5) is 26.9. The maximum absolute atomic E-state index is 11.7. The third-order valence-electron chi connectivity index (χ3n) is 2.69. The van der Waals surface area contributed by atoms with E-state index >= 15 is 0 Å². The number of hydrogen-bond acceptors (Lipinski definition) is 3. The second-order valence-electron chi connectivity index (χ2n) is 4.26. The number of carbonyl (C=O) groups excluding carboxylic acids is 1. The molecule has 1 rings (SSSR count). The number of aryl methyl sites for hydroxylation is 1. The monoisotopic (exact) mass is 236 g/mol. The fraction of sp³-hybridized carbons (Fsp3) is 0.417. The van der Waals surface area contributed by atoms with Crippen LogP contribution in [0.2, 0.25) is 0 Å².